The summed E-state index contributed by atoms with van der Waals surface area (Å²) in [6.45, 7) is 0. The molecule has 0 aliphatic heterocycles. The Labute approximate surface area is 159 Å². The molecule has 3 aromatic rings. The number of halogens is 1. The molecule has 2 heterocycles. The van der Waals surface area contributed by atoms with Crippen molar-refractivity contribution in [2.24, 2.45) is 0 Å². The largest absolute Gasteiger partial charge is 0.460 e. The summed E-state index contributed by atoms with van der Waals surface area (Å²) in [4.78, 5) is 25.0. The quantitative estimate of drug-likeness (QED) is 0.734. The number of aromatic nitrogens is 3. The van der Waals surface area contributed by atoms with Crippen LogP contribution in [0.15, 0.2) is 36.7 Å². The lowest BCUT2D eigenvalue weighted by Crippen LogP contribution is -2.39. The number of hydrogen-bond donors (Lipinski definition) is 1. The molecule has 1 saturated carbocycles. The van der Waals surface area contributed by atoms with Crippen molar-refractivity contribution in [2.75, 3.05) is 0 Å². The fourth-order valence-electron chi connectivity index (χ4n) is 3.05. The minimum absolute atomic E-state index is 0.0618. The lowest BCUT2D eigenvalue weighted by atomic mass is 9.93. The van der Waals surface area contributed by atoms with Crippen LogP contribution in [0.25, 0.3) is 10.2 Å². The number of fused-ring (bicyclic) bond motifs is 1. The van der Waals surface area contributed by atoms with Gasteiger partial charge in [0.15, 0.2) is 5.01 Å². The first-order valence-electron chi connectivity index (χ1n) is 8.48. The van der Waals surface area contributed by atoms with Gasteiger partial charge in [-0.1, -0.05) is 23.7 Å². The molecule has 0 spiro atoms. The Balaban J connectivity index is 1.30. The molecule has 1 aliphatic carbocycles. The zero-order valence-electron chi connectivity index (χ0n) is 13.9. The predicted molar refractivity (Wildman–Crippen MR) is 101 cm³/mol. The van der Waals surface area contributed by atoms with Gasteiger partial charge >= 0.3 is 6.01 Å². The standard InChI is InChI=1S/C18H17ClN4O2S/c19-11-9-20-18(21-10-11)25-13-7-5-12(6-8-13)22-16(24)17-23-14-3-1-2-4-15(14)26-17/h1-4,9-10,12-13H,5-8H2,(H,22,24). The maximum atomic E-state index is 12.5. The first kappa shape index (κ1) is 17.2. The van der Waals surface area contributed by atoms with Crippen LogP contribution in [0, 0.1) is 0 Å². The Morgan fingerprint density at radius 3 is 2.62 bits per heavy atom. The van der Waals surface area contributed by atoms with Crippen LogP contribution < -0.4 is 10.1 Å². The molecule has 1 fully saturated rings. The van der Waals surface area contributed by atoms with E-state index in [1.807, 2.05) is 24.3 Å². The average molecular weight is 389 g/mol. The molecule has 0 atom stereocenters. The zero-order valence-corrected chi connectivity index (χ0v) is 15.5. The van der Waals surface area contributed by atoms with Gasteiger partial charge in [0.05, 0.1) is 27.6 Å². The second-order valence-electron chi connectivity index (χ2n) is 6.24. The number of carbonyl (C=O) groups is 1. The first-order chi connectivity index (χ1) is 12.7. The van der Waals surface area contributed by atoms with E-state index in [2.05, 4.69) is 20.3 Å². The lowest BCUT2D eigenvalue weighted by molar-refractivity contribution is 0.0885. The molecule has 0 unspecified atom stereocenters. The third-order valence-electron chi connectivity index (χ3n) is 4.37. The Morgan fingerprint density at radius 2 is 1.88 bits per heavy atom. The molecule has 1 aliphatic rings. The Bertz CT molecular complexity index is 874. The molecule has 1 aromatic carbocycles. The van der Waals surface area contributed by atoms with Gasteiger partial charge in [-0.2, -0.15) is 0 Å². The van der Waals surface area contributed by atoms with E-state index >= 15 is 0 Å². The molecule has 0 bridgehead atoms. The molecule has 0 saturated heterocycles. The van der Waals surface area contributed by atoms with E-state index in [1.165, 1.54) is 23.7 Å². The van der Waals surface area contributed by atoms with E-state index in [0.717, 1.165) is 35.9 Å². The minimum Gasteiger partial charge on any atom is -0.460 e. The number of rotatable bonds is 4. The molecule has 6 nitrogen and oxygen atoms in total. The van der Waals surface area contributed by atoms with Crippen LogP contribution in [0.5, 0.6) is 6.01 Å². The number of carbonyl (C=O) groups excluding carboxylic acids is 1. The molecule has 1 amide bonds. The molecule has 1 N–H and O–H groups in total. The predicted octanol–water partition coefficient (Wildman–Crippen LogP) is 3.86. The summed E-state index contributed by atoms with van der Waals surface area (Å²) in [5.41, 5.74) is 0.864. The van der Waals surface area contributed by atoms with Crippen molar-refractivity contribution in [3.63, 3.8) is 0 Å². The highest BCUT2D eigenvalue weighted by Crippen LogP contribution is 2.24. The number of thiazole rings is 1. The molecule has 8 heteroatoms. The molecular weight excluding hydrogens is 372 g/mol. The SMILES string of the molecule is O=C(NC1CCC(Oc2ncc(Cl)cn2)CC1)c1nc2ccccc2s1. The molecule has 4 rings (SSSR count). The van der Waals surface area contributed by atoms with E-state index in [4.69, 9.17) is 16.3 Å². The van der Waals surface area contributed by atoms with Crippen molar-refractivity contribution < 1.29 is 9.53 Å². The number of nitrogens with one attached hydrogen (secondary N) is 1. The van der Waals surface area contributed by atoms with Crippen molar-refractivity contribution in [1.82, 2.24) is 20.3 Å². The van der Waals surface area contributed by atoms with Crippen LogP contribution in [-0.4, -0.2) is 33.0 Å². The van der Waals surface area contributed by atoms with Crippen LogP contribution in [0.4, 0.5) is 0 Å². The molecule has 26 heavy (non-hydrogen) atoms. The second kappa shape index (κ2) is 7.55. The Morgan fingerprint density at radius 1 is 1.15 bits per heavy atom. The summed E-state index contributed by atoms with van der Waals surface area (Å²) < 4.78 is 6.81. The summed E-state index contributed by atoms with van der Waals surface area (Å²) >= 11 is 7.20. The third kappa shape index (κ3) is 3.94. The van der Waals surface area contributed by atoms with Crippen molar-refractivity contribution >= 4 is 39.1 Å². The van der Waals surface area contributed by atoms with E-state index in [9.17, 15) is 4.79 Å². The van der Waals surface area contributed by atoms with Crippen LogP contribution >= 0.6 is 22.9 Å². The monoisotopic (exact) mass is 388 g/mol. The summed E-state index contributed by atoms with van der Waals surface area (Å²) in [6.07, 6.45) is 6.51. The Hall–Kier alpha value is -2.25. The maximum absolute atomic E-state index is 12.5. The molecule has 134 valence electrons. The molecule has 0 radical (unpaired) electrons. The van der Waals surface area contributed by atoms with Crippen molar-refractivity contribution in [3.05, 3.63) is 46.7 Å². The Kier molecular flexibility index (Phi) is 4.99. The number of amides is 1. The fourth-order valence-corrected chi connectivity index (χ4v) is 4.02. The smallest absolute Gasteiger partial charge is 0.316 e. The van der Waals surface area contributed by atoms with Gasteiger partial charge in [-0.3, -0.25) is 4.79 Å². The van der Waals surface area contributed by atoms with Gasteiger partial charge in [0.25, 0.3) is 5.91 Å². The highest BCUT2D eigenvalue weighted by Gasteiger charge is 2.25. The number of ether oxygens (including phenoxy) is 1. The van der Waals surface area contributed by atoms with E-state index in [0.29, 0.717) is 16.0 Å². The summed E-state index contributed by atoms with van der Waals surface area (Å²) in [5, 5.41) is 4.09. The summed E-state index contributed by atoms with van der Waals surface area (Å²) in [7, 11) is 0. The van der Waals surface area contributed by atoms with Crippen LogP contribution in [0.2, 0.25) is 5.02 Å². The summed E-state index contributed by atoms with van der Waals surface area (Å²) in [6, 6.07) is 8.26. The number of benzene rings is 1. The number of nitrogens with zero attached hydrogens (tertiary/aromatic N) is 3. The first-order valence-corrected chi connectivity index (χ1v) is 9.67. The van der Waals surface area contributed by atoms with Crippen molar-refractivity contribution in [2.45, 2.75) is 37.8 Å². The van der Waals surface area contributed by atoms with E-state index < -0.39 is 0 Å². The molecular formula is C18H17ClN4O2S. The third-order valence-corrected chi connectivity index (χ3v) is 5.60. The molecule has 2 aromatic heterocycles. The minimum atomic E-state index is -0.100. The van der Waals surface area contributed by atoms with Crippen LogP contribution in [0.3, 0.4) is 0 Å². The van der Waals surface area contributed by atoms with Crippen molar-refractivity contribution in [1.29, 1.82) is 0 Å². The normalized spacial score (nSPS) is 20.0. The van der Waals surface area contributed by atoms with Gasteiger partial charge in [0, 0.05) is 6.04 Å². The van der Waals surface area contributed by atoms with E-state index in [1.54, 1.807) is 0 Å². The van der Waals surface area contributed by atoms with Gasteiger partial charge in [0.2, 0.25) is 0 Å². The number of hydrogen-bond acceptors (Lipinski definition) is 6. The average Bonchev–Trinajstić information content (AvgIpc) is 3.10. The highest BCUT2D eigenvalue weighted by atomic mass is 35.5. The lowest BCUT2D eigenvalue weighted by Gasteiger charge is -2.28. The van der Waals surface area contributed by atoms with Gasteiger partial charge in [-0.15, -0.1) is 11.3 Å². The highest BCUT2D eigenvalue weighted by molar-refractivity contribution is 7.20. The second-order valence-corrected chi connectivity index (χ2v) is 7.70. The van der Waals surface area contributed by atoms with Crippen LogP contribution in [-0.2, 0) is 0 Å². The number of para-hydroxylation sites is 1. The zero-order chi connectivity index (χ0) is 17.9. The van der Waals surface area contributed by atoms with E-state index in [-0.39, 0.29) is 18.1 Å². The topological polar surface area (TPSA) is 77.0 Å². The summed E-state index contributed by atoms with van der Waals surface area (Å²) in [5.74, 6) is -0.100. The van der Waals surface area contributed by atoms with Crippen molar-refractivity contribution in [3.8, 4) is 6.01 Å². The fraction of sp³-hybridized carbons (Fsp3) is 0.333. The van der Waals surface area contributed by atoms with Crippen LogP contribution in [0.1, 0.15) is 35.5 Å². The van der Waals surface area contributed by atoms with Gasteiger partial charge in [0.1, 0.15) is 6.10 Å². The van der Waals surface area contributed by atoms with Gasteiger partial charge < -0.3 is 10.1 Å². The maximum Gasteiger partial charge on any atom is 0.316 e. The van der Waals surface area contributed by atoms with Gasteiger partial charge in [-0.05, 0) is 37.8 Å². The van der Waals surface area contributed by atoms with Gasteiger partial charge in [-0.25, -0.2) is 15.0 Å².